The maximum absolute atomic E-state index is 9.83. The fourth-order valence-corrected chi connectivity index (χ4v) is 5.34. The summed E-state index contributed by atoms with van der Waals surface area (Å²) in [7, 11) is 5.81. The fraction of sp³-hybridized carbons (Fsp3) is 0.185. The number of nitriles is 1. The molecule has 0 fully saturated rings. The van der Waals surface area contributed by atoms with E-state index in [9.17, 15) is 5.26 Å². The lowest BCUT2D eigenvalue weighted by Gasteiger charge is -2.13. The molecule has 5 rings (SSSR count). The van der Waals surface area contributed by atoms with Gasteiger partial charge in [-0.2, -0.15) is 5.26 Å². The molecule has 0 bridgehead atoms. The number of hydrogen-bond donors (Lipinski definition) is 2. The molecule has 0 unspecified atom stereocenters. The van der Waals surface area contributed by atoms with E-state index in [-0.39, 0.29) is 0 Å². The van der Waals surface area contributed by atoms with Gasteiger partial charge in [-0.05, 0) is 68.5 Å². The molecule has 0 saturated carbocycles. The summed E-state index contributed by atoms with van der Waals surface area (Å²) in [6, 6.07) is 16.9. The van der Waals surface area contributed by atoms with Gasteiger partial charge < -0.3 is 19.9 Å². The van der Waals surface area contributed by atoms with Gasteiger partial charge in [0, 0.05) is 51.4 Å². The van der Waals surface area contributed by atoms with E-state index < -0.39 is 0 Å². The van der Waals surface area contributed by atoms with E-state index in [4.69, 9.17) is 4.74 Å². The maximum Gasteiger partial charge on any atom is 0.127 e. The molecular weight excluding hydrogens is 442 g/mol. The number of thiophene rings is 1. The number of aromatic nitrogens is 2. The molecule has 0 saturated heterocycles. The number of aryl methyl sites for hydroxylation is 1. The van der Waals surface area contributed by atoms with Crippen LogP contribution in [0.5, 0.6) is 5.75 Å². The number of nitrogens with one attached hydrogen (secondary N) is 2. The monoisotopic (exact) mass is 467 g/mol. The first-order chi connectivity index (χ1) is 16.5. The predicted molar refractivity (Wildman–Crippen MR) is 140 cm³/mol. The first-order valence-electron chi connectivity index (χ1n) is 11.0. The minimum Gasteiger partial charge on any atom is -0.496 e. The molecule has 5 aromatic rings. The summed E-state index contributed by atoms with van der Waals surface area (Å²) >= 11 is 1.60. The summed E-state index contributed by atoms with van der Waals surface area (Å²) in [5.74, 6) is 0.817. The molecule has 3 aromatic heterocycles. The Morgan fingerprint density at radius 2 is 2.00 bits per heavy atom. The standard InChI is InChI=1S/C27H25N5OS/c1-16-19-9-10-29-23(19)7-6-22(16)31-26-18(13-28)14-30-27-21(26)12-25(34-27)20-11-17(15-32(2)3)5-8-24(20)33-4/h5-12,14,29H,15H2,1-4H3,(H,30,31). The summed E-state index contributed by atoms with van der Waals surface area (Å²) in [5.41, 5.74) is 6.70. The molecule has 0 spiro atoms. The van der Waals surface area contributed by atoms with Crippen LogP contribution in [0.3, 0.4) is 0 Å². The minimum absolute atomic E-state index is 0.513. The Morgan fingerprint density at radius 3 is 2.76 bits per heavy atom. The van der Waals surface area contributed by atoms with Crippen molar-refractivity contribution in [1.82, 2.24) is 14.9 Å². The van der Waals surface area contributed by atoms with E-state index in [1.807, 2.05) is 18.3 Å². The molecule has 3 heterocycles. The van der Waals surface area contributed by atoms with Crippen molar-refractivity contribution >= 4 is 43.8 Å². The van der Waals surface area contributed by atoms with Crippen molar-refractivity contribution in [2.45, 2.75) is 13.5 Å². The van der Waals surface area contributed by atoms with Gasteiger partial charge in [-0.1, -0.05) is 6.07 Å². The number of hydrogen-bond acceptors (Lipinski definition) is 6. The molecule has 6 nitrogen and oxygen atoms in total. The molecule has 2 N–H and O–H groups in total. The van der Waals surface area contributed by atoms with Gasteiger partial charge in [-0.25, -0.2) is 4.98 Å². The Kier molecular flexibility index (Phi) is 5.70. The first kappa shape index (κ1) is 22.0. The topological polar surface area (TPSA) is 77.0 Å². The highest BCUT2D eigenvalue weighted by molar-refractivity contribution is 7.22. The van der Waals surface area contributed by atoms with Crippen LogP contribution >= 0.6 is 11.3 Å². The van der Waals surface area contributed by atoms with Crippen molar-refractivity contribution in [2.75, 3.05) is 26.5 Å². The van der Waals surface area contributed by atoms with Crippen LogP contribution in [-0.4, -0.2) is 36.1 Å². The number of fused-ring (bicyclic) bond motifs is 2. The molecule has 2 aromatic carbocycles. The lowest BCUT2D eigenvalue weighted by Crippen LogP contribution is -2.10. The summed E-state index contributed by atoms with van der Waals surface area (Å²) < 4.78 is 5.68. The van der Waals surface area contributed by atoms with Crippen molar-refractivity contribution in [2.24, 2.45) is 0 Å². The average Bonchev–Trinajstić information content (AvgIpc) is 3.48. The van der Waals surface area contributed by atoms with Crippen LogP contribution in [0.15, 0.2) is 54.9 Å². The highest BCUT2D eigenvalue weighted by Crippen LogP contribution is 2.42. The number of pyridine rings is 1. The van der Waals surface area contributed by atoms with Crippen LogP contribution < -0.4 is 10.1 Å². The number of ether oxygens (including phenoxy) is 1. The van der Waals surface area contributed by atoms with Gasteiger partial charge >= 0.3 is 0 Å². The molecule has 0 atom stereocenters. The highest BCUT2D eigenvalue weighted by atomic mass is 32.1. The molecular formula is C27H25N5OS. The first-order valence-corrected chi connectivity index (χ1v) is 11.8. The van der Waals surface area contributed by atoms with Crippen molar-refractivity contribution < 1.29 is 4.74 Å². The second-order valence-electron chi connectivity index (χ2n) is 8.56. The van der Waals surface area contributed by atoms with Crippen LogP contribution in [0.4, 0.5) is 11.4 Å². The smallest absolute Gasteiger partial charge is 0.127 e. The van der Waals surface area contributed by atoms with Crippen molar-refractivity contribution in [3.63, 3.8) is 0 Å². The third-order valence-corrected chi connectivity index (χ3v) is 7.05. The van der Waals surface area contributed by atoms with Crippen molar-refractivity contribution in [3.05, 3.63) is 71.5 Å². The number of rotatable bonds is 6. The Labute approximate surface area is 202 Å². The quantitative estimate of drug-likeness (QED) is 0.301. The van der Waals surface area contributed by atoms with E-state index in [2.05, 4.69) is 77.6 Å². The van der Waals surface area contributed by atoms with Crippen LogP contribution in [0.2, 0.25) is 0 Å². The summed E-state index contributed by atoms with van der Waals surface area (Å²) in [6.45, 7) is 2.93. The van der Waals surface area contributed by atoms with Gasteiger partial charge in [0.15, 0.2) is 0 Å². The van der Waals surface area contributed by atoms with E-state index >= 15 is 0 Å². The number of aromatic amines is 1. The van der Waals surface area contributed by atoms with Gasteiger partial charge in [0.1, 0.15) is 16.6 Å². The van der Waals surface area contributed by atoms with E-state index in [1.54, 1.807) is 24.6 Å². The molecule has 34 heavy (non-hydrogen) atoms. The zero-order valence-electron chi connectivity index (χ0n) is 19.6. The van der Waals surface area contributed by atoms with Gasteiger partial charge in [-0.15, -0.1) is 11.3 Å². The Balaban J connectivity index is 1.64. The normalized spacial score (nSPS) is 11.3. The second-order valence-corrected chi connectivity index (χ2v) is 9.59. The summed E-state index contributed by atoms with van der Waals surface area (Å²) in [5, 5.41) is 15.5. The number of anilines is 2. The fourth-order valence-electron chi connectivity index (χ4n) is 4.31. The largest absolute Gasteiger partial charge is 0.496 e. The summed E-state index contributed by atoms with van der Waals surface area (Å²) in [4.78, 5) is 11.9. The number of nitrogens with zero attached hydrogens (tertiary/aromatic N) is 3. The second kappa shape index (κ2) is 8.82. The predicted octanol–water partition coefficient (Wildman–Crippen LogP) is 6.44. The van der Waals surface area contributed by atoms with Gasteiger partial charge in [-0.3, -0.25) is 0 Å². The molecule has 7 heteroatoms. The molecule has 0 amide bonds. The molecule has 0 aliphatic heterocycles. The third-order valence-electron chi connectivity index (χ3n) is 5.97. The highest BCUT2D eigenvalue weighted by Gasteiger charge is 2.17. The SMILES string of the molecule is COc1ccc(CN(C)C)cc1-c1cc2c(Nc3ccc4[nH]ccc4c3C)c(C#N)cnc2s1. The molecule has 0 aliphatic carbocycles. The number of methoxy groups -OCH3 is 1. The molecule has 170 valence electrons. The van der Waals surface area contributed by atoms with Gasteiger partial charge in [0.2, 0.25) is 0 Å². The zero-order chi connectivity index (χ0) is 23.8. The molecule has 0 aliphatic rings. The van der Waals surface area contributed by atoms with Crippen LogP contribution in [0.25, 0.3) is 31.6 Å². The van der Waals surface area contributed by atoms with Crippen LogP contribution in [-0.2, 0) is 6.54 Å². The minimum atomic E-state index is 0.513. The lowest BCUT2D eigenvalue weighted by atomic mass is 10.1. The van der Waals surface area contributed by atoms with Gasteiger partial charge in [0.25, 0.3) is 0 Å². The molecule has 0 radical (unpaired) electrons. The zero-order valence-corrected chi connectivity index (χ0v) is 20.4. The van der Waals surface area contributed by atoms with E-state index in [0.717, 1.165) is 60.8 Å². The number of benzene rings is 2. The lowest BCUT2D eigenvalue weighted by molar-refractivity contribution is 0.400. The maximum atomic E-state index is 9.83. The Morgan fingerprint density at radius 1 is 1.15 bits per heavy atom. The van der Waals surface area contributed by atoms with Gasteiger partial charge in [0.05, 0.1) is 18.4 Å². The van der Waals surface area contributed by atoms with Crippen molar-refractivity contribution in [3.8, 4) is 22.3 Å². The van der Waals surface area contributed by atoms with Crippen molar-refractivity contribution in [1.29, 1.82) is 5.26 Å². The number of H-pyrrole nitrogens is 1. The Hall–Kier alpha value is -3.86. The van der Waals surface area contributed by atoms with Crippen LogP contribution in [0, 0.1) is 18.3 Å². The third kappa shape index (κ3) is 3.87. The van der Waals surface area contributed by atoms with E-state index in [1.165, 1.54) is 5.56 Å². The van der Waals surface area contributed by atoms with Crippen LogP contribution in [0.1, 0.15) is 16.7 Å². The Bertz CT molecular complexity index is 1560. The summed E-state index contributed by atoms with van der Waals surface area (Å²) in [6.07, 6.45) is 3.59. The average molecular weight is 468 g/mol. The van der Waals surface area contributed by atoms with E-state index in [0.29, 0.717) is 5.56 Å².